The highest BCUT2D eigenvalue weighted by Crippen LogP contribution is 2.40. The molecule has 0 unspecified atom stereocenters. The van der Waals surface area contributed by atoms with Crippen molar-refractivity contribution in [3.05, 3.63) is 29.3 Å². The Balaban J connectivity index is 1.76. The predicted molar refractivity (Wildman–Crippen MR) is 75.4 cm³/mol. The summed E-state index contributed by atoms with van der Waals surface area (Å²) in [5.41, 5.74) is 0.661. The molecule has 1 saturated heterocycles. The number of ether oxygens (including phenoxy) is 1. The van der Waals surface area contributed by atoms with Gasteiger partial charge < -0.3 is 9.64 Å². The number of aryl methyl sites for hydroxylation is 1. The summed E-state index contributed by atoms with van der Waals surface area (Å²) in [6, 6.07) is 5.30. The molecule has 0 aromatic heterocycles. The van der Waals surface area contributed by atoms with Gasteiger partial charge in [0.25, 0.3) is 0 Å². The van der Waals surface area contributed by atoms with E-state index >= 15 is 0 Å². The van der Waals surface area contributed by atoms with Crippen molar-refractivity contribution in [2.45, 2.75) is 38.0 Å². The summed E-state index contributed by atoms with van der Waals surface area (Å²) in [6.45, 7) is 1.75. The third kappa shape index (κ3) is 2.92. The molecule has 0 N–H and O–H groups in total. The molecule has 2 heterocycles. The van der Waals surface area contributed by atoms with Crippen molar-refractivity contribution in [2.24, 2.45) is 0 Å². The quantitative estimate of drug-likeness (QED) is 0.736. The molecule has 1 aromatic rings. The van der Waals surface area contributed by atoms with Gasteiger partial charge in [-0.3, -0.25) is 9.59 Å². The number of rotatable bonds is 0. The number of carbonyl (C=O) groups excluding carboxylic acids is 2. The van der Waals surface area contributed by atoms with Crippen molar-refractivity contribution in [3.63, 3.8) is 0 Å². The van der Waals surface area contributed by atoms with Crippen molar-refractivity contribution in [1.82, 2.24) is 4.90 Å². The van der Waals surface area contributed by atoms with Gasteiger partial charge in [0.1, 0.15) is 11.4 Å². The summed E-state index contributed by atoms with van der Waals surface area (Å²) in [5.74, 6) is -1.42. The highest BCUT2D eigenvalue weighted by atomic mass is 19.4. The number of hydrogen-bond acceptors (Lipinski definition) is 3. The van der Waals surface area contributed by atoms with Gasteiger partial charge in [-0.15, -0.1) is 0 Å². The first-order chi connectivity index (χ1) is 10.7. The van der Waals surface area contributed by atoms with E-state index in [1.54, 1.807) is 12.1 Å². The van der Waals surface area contributed by atoms with Crippen LogP contribution in [0.2, 0.25) is 0 Å². The standard InChI is InChI=1S/C16H16F3NO3/c1-10-2-3-13-11(8-10)12(21)9-15(23-13)4-6-20(7-5-15)14(22)16(17,18)19/h2-3,8H,4-7,9H2,1H3. The minimum Gasteiger partial charge on any atom is -0.486 e. The fourth-order valence-electron chi connectivity index (χ4n) is 3.18. The lowest BCUT2D eigenvalue weighted by atomic mass is 9.82. The monoisotopic (exact) mass is 327 g/mol. The Morgan fingerprint density at radius 1 is 1.26 bits per heavy atom. The van der Waals surface area contributed by atoms with Crippen LogP contribution in [0.3, 0.4) is 0 Å². The number of ketones is 1. The van der Waals surface area contributed by atoms with Crippen LogP contribution in [0.5, 0.6) is 5.75 Å². The van der Waals surface area contributed by atoms with E-state index in [4.69, 9.17) is 4.74 Å². The maximum Gasteiger partial charge on any atom is 0.471 e. The predicted octanol–water partition coefficient (Wildman–Crippen LogP) is 2.88. The second-order valence-electron chi connectivity index (χ2n) is 6.17. The maximum atomic E-state index is 12.5. The Bertz CT molecular complexity index is 661. The summed E-state index contributed by atoms with van der Waals surface area (Å²) < 4.78 is 43.4. The van der Waals surface area contributed by atoms with E-state index < -0.39 is 17.7 Å². The second-order valence-corrected chi connectivity index (χ2v) is 6.17. The van der Waals surface area contributed by atoms with E-state index in [1.165, 1.54) is 0 Å². The minimum absolute atomic E-state index is 0.0627. The van der Waals surface area contributed by atoms with Crippen molar-refractivity contribution in [3.8, 4) is 5.75 Å². The van der Waals surface area contributed by atoms with E-state index in [9.17, 15) is 22.8 Å². The summed E-state index contributed by atoms with van der Waals surface area (Å²) in [7, 11) is 0. The lowest BCUT2D eigenvalue weighted by molar-refractivity contribution is -0.188. The molecule has 0 bridgehead atoms. The first kappa shape index (κ1) is 15.8. The zero-order chi connectivity index (χ0) is 16.8. The van der Waals surface area contributed by atoms with Crippen LogP contribution in [0.1, 0.15) is 35.2 Å². The van der Waals surface area contributed by atoms with Crippen molar-refractivity contribution >= 4 is 11.7 Å². The Labute approximate surface area is 131 Å². The maximum absolute atomic E-state index is 12.5. The van der Waals surface area contributed by atoms with Gasteiger partial charge in [0, 0.05) is 25.9 Å². The number of carbonyl (C=O) groups is 2. The molecule has 0 atom stereocenters. The van der Waals surface area contributed by atoms with Gasteiger partial charge in [-0.25, -0.2) is 0 Å². The number of alkyl halides is 3. The molecular formula is C16H16F3NO3. The van der Waals surface area contributed by atoms with Gasteiger partial charge in [-0.05, 0) is 19.1 Å². The first-order valence-corrected chi connectivity index (χ1v) is 7.39. The van der Waals surface area contributed by atoms with Crippen LogP contribution in [0.4, 0.5) is 13.2 Å². The van der Waals surface area contributed by atoms with Crippen LogP contribution < -0.4 is 4.74 Å². The summed E-state index contributed by atoms with van der Waals surface area (Å²) in [6.07, 6.45) is -4.29. The topological polar surface area (TPSA) is 46.6 Å². The average molecular weight is 327 g/mol. The molecule has 1 spiro atoms. The molecule has 0 saturated carbocycles. The molecule has 3 rings (SSSR count). The van der Waals surface area contributed by atoms with Crippen molar-refractivity contribution in [2.75, 3.05) is 13.1 Å². The Hall–Kier alpha value is -2.05. The molecule has 4 nitrogen and oxygen atoms in total. The highest BCUT2D eigenvalue weighted by Gasteiger charge is 2.48. The number of piperidine rings is 1. The van der Waals surface area contributed by atoms with Crippen LogP contribution in [0.15, 0.2) is 18.2 Å². The van der Waals surface area contributed by atoms with E-state index in [0.29, 0.717) is 11.3 Å². The average Bonchev–Trinajstić information content (AvgIpc) is 2.47. The molecular weight excluding hydrogens is 311 g/mol. The van der Waals surface area contributed by atoms with Crippen molar-refractivity contribution in [1.29, 1.82) is 0 Å². The van der Waals surface area contributed by atoms with Gasteiger partial charge in [-0.1, -0.05) is 11.6 Å². The largest absolute Gasteiger partial charge is 0.486 e. The van der Waals surface area contributed by atoms with Crippen molar-refractivity contribution < 1.29 is 27.5 Å². The van der Waals surface area contributed by atoms with Gasteiger partial charge >= 0.3 is 12.1 Å². The number of fused-ring (bicyclic) bond motifs is 1. The fraction of sp³-hybridized carbons (Fsp3) is 0.500. The van der Waals surface area contributed by atoms with Crippen LogP contribution >= 0.6 is 0 Å². The Morgan fingerprint density at radius 3 is 2.52 bits per heavy atom. The lowest BCUT2D eigenvalue weighted by Crippen LogP contribution is -2.54. The molecule has 1 fully saturated rings. The molecule has 2 aliphatic rings. The molecule has 1 aromatic carbocycles. The molecule has 0 aliphatic carbocycles. The Kier molecular flexibility index (Phi) is 3.61. The first-order valence-electron chi connectivity index (χ1n) is 7.39. The number of likely N-dealkylation sites (tertiary alicyclic amines) is 1. The third-order valence-corrected chi connectivity index (χ3v) is 4.45. The molecule has 0 radical (unpaired) electrons. The summed E-state index contributed by atoms with van der Waals surface area (Å²) in [4.78, 5) is 24.4. The number of halogens is 3. The van der Waals surface area contributed by atoms with Crippen LogP contribution in [-0.2, 0) is 4.79 Å². The molecule has 2 aliphatic heterocycles. The third-order valence-electron chi connectivity index (χ3n) is 4.45. The van der Waals surface area contributed by atoms with Gasteiger partial charge in [0.2, 0.25) is 0 Å². The second kappa shape index (κ2) is 5.25. The summed E-state index contributed by atoms with van der Waals surface area (Å²) in [5, 5.41) is 0. The number of benzene rings is 1. The number of nitrogens with zero attached hydrogens (tertiary/aromatic N) is 1. The SMILES string of the molecule is Cc1ccc2c(c1)C(=O)CC1(CCN(C(=O)C(F)(F)F)CC1)O2. The van der Waals surface area contributed by atoms with Gasteiger partial charge in [-0.2, -0.15) is 13.2 Å². The number of Topliss-reactive ketones (excluding diaryl/α,β-unsaturated/α-hetero) is 1. The molecule has 124 valence electrons. The van der Waals surface area contributed by atoms with Crippen LogP contribution in [0.25, 0.3) is 0 Å². The Morgan fingerprint density at radius 2 is 1.91 bits per heavy atom. The minimum atomic E-state index is -4.86. The normalized spacial score (nSPS) is 20.2. The highest BCUT2D eigenvalue weighted by molar-refractivity contribution is 6.00. The number of amides is 1. The lowest BCUT2D eigenvalue weighted by Gasteiger charge is -2.44. The molecule has 7 heteroatoms. The summed E-state index contributed by atoms with van der Waals surface area (Å²) >= 11 is 0. The molecule has 23 heavy (non-hydrogen) atoms. The fourth-order valence-corrected chi connectivity index (χ4v) is 3.18. The number of hydrogen-bond donors (Lipinski definition) is 0. The van der Waals surface area contributed by atoms with E-state index in [-0.39, 0.29) is 38.1 Å². The van der Waals surface area contributed by atoms with Gasteiger partial charge in [0.05, 0.1) is 12.0 Å². The zero-order valence-corrected chi connectivity index (χ0v) is 12.6. The zero-order valence-electron chi connectivity index (χ0n) is 12.6. The van der Waals surface area contributed by atoms with Crippen LogP contribution in [-0.4, -0.2) is 41.5 Å². The van der Waals surface area contributed by atoms with E-state index in [1.807, 2.05) is 13.0 Å². The molecule has 1 amide bonds. The van der Waals surface area contributed by atoms with Gasteiger partial charge in [0.15, 0.2) is 5.78 Å². The van der Waals surface area contributed by atoms with E-state index in [0.717, 1.165) is 10.5 Å². The smallest absolute Gasteiger partial charge is 0.471 e. The van der Waals surface area contributed by atoms with E-state index in [2.05, 4.69) is 0 Å². The van der Waals surface area contributed by atoms with Crippen LogP contribution in [0, 0.1) is 6.92 Å².